The first kappa shape index (κ1) is 30.2. The van der Waals surface area contributed by atoms with Crippen molar-refractivity contribution < 1.29 is 41.1 Å². The van der Waals surface area contributed by atoms with Crippen LogP contribution >= 0.6 is 10.6 Å². The van der Waals surface area contributed by atoms with Crippen molar-refractivity contribution >= 4 is 22.5 Å². The summed E-state index contributed by atoms with van der Waals surface area (Å²) in [7, 11) is -2.68. The normalized spacial score (nSPS) is 23.0. The summed E-state index contributed by atoms with van der Waals surface area (Å²) in [6.07, 6.45) is -3.34. The standard InChI is InChI=1S/C29H32F3N5O6S/c1-16-34-27(43-36-16)24-12-23(24)26(38)33-13-18-5-6-21(17-3-2-4-20(11-17)42-29(30,31)32)22-7-9-37(14-25(18)22)28(39)35-19-8-10-44(40,41)15-19/h2-6,11,19,23-24,40-41H,7-10,12-15H2,1H3,(H,33,38)(H,35,39). The third kappa shape index (κ3) is 6.79. The lowest BCUT2D eigenvalue weighted by molar-refractivity contribution is -0.274. The van der Waals surface area contributed by atoms with Gasteiger partial charge in [-0.1, -0.05) is 29.4 Å². The Morgan fingerprint density at radius 1 is 1.20 bits per heavy atom. The average molecular weight is 636 g/mol. The second-order valence-electron chi connectivity index (χ2n) is 11.4. The van der Waals surface area contributed by atoms with Gasteiger partial charge in [0.2, 0.25) is 11.8 Å². The topological polar surface area (TPSA) is 150 Å². The van der Waals surface area contributed by atoms with E-state index < -0.39 is 17.0 Å². The van der Waals surface area contributed by atoms with E-state index in [4.69, 9.17) is 4.52 Å². The van der Waals surface area contributed by atoms with Gasteiger partial charge in [0, 0.05) is 31.4 Å². The summed E-state index contributed by atoms with van der Waals surface area (Å²) in [5, 5.41) is 9.67. The summed E-state index contributed by atoms with van der Waals surface area (Å²) in [5.74, 6) is 0.385. The number of halogens is 3. The first-order valence-electron chi connectivity index (χ1n) is 14.2. The van der Waals surface area contributed by atoms with Gasteiger partial charge in [-0.2, -0.15) is 15.6 Å². The molecule has 0 radical (unpaired) electrons. The molecule has 1 saturated heterocycles. The summed E-state index contributed by atoms with van der Waals surface area (Å²) in [6.45, 7) is 2.44. The molecular weight excluding hydrogens is 603 g/mol. The van der Waals surface area contributed by atoms with Gasteiger partial charge < -0.3 is 24.8 Å². The zero-order valence-electron chi connectivity index (χ0n) is 23.8. The van der Waals surface area contributed by atoms with Crippen molar-refractivity contribution in [2.75, 3.05) is 18.1 Å². The van der Waals surface area contributed by atoms with Crippen molar-refractivity contribution in [1.29, 1.82) is 0 Å². The van der Waals surface area contributed by atoms with E-state index >= 15 is 0 Å². The van der Waals surface area contributed by atoms with E-state index in [2.05, 4.69) is 25.5 Å². The van der Waals surface area contributed by atoms with Crippen LogP contribution < -0.4 is 15.4 Å². The first-order valence-corrected chi connectivity index (χ1v) is 16.1. The van der Waals surface area contributed by atoms with E-state index in [-0.39, 0.29) is 60.2 Å². The van der Waals surface area contributed by atoms with Crippen LogP contribution in [0.25, 0.3) is 11.1 Å². The van der Waals surface area contributed by atoms with E-state index in [1.807, 2.05) is 12.1 Å². The number of hydrogen-bond acceptors (Lipinski definition) is 8. The molecule has 1 aliphatic carbocycles. The van der Waals surface area contributed by atoms with Crippen molar-refractivity contribution in [2.24, 2.45) is 5.92 Å². The lowest BCUT2D eigenvalue weighted by Gasteiger charge is -2.33. The van der Waals surface area contributed by atoms with Crippen LogP contribution in [0.1, 0.15) is 47.2 Å². The first-order chi connectivity index (χ1) is 20.8. The minimum atomic E-state index is -4.83. The molecule has 0 bridgehead atoms. The zero-order chi connectivity index (χ0) is 31.2. The molecule has 236 valence electrons. The van der Waals surface area contributed by atoms with Gasteiger partial charge in [0.05, 0.1) is 17.6 Å². The molecular formula is C29H32F3N5O6S. The van der Waals surface area contributed by atoms with Crippen molar-refractivity contribution in [3.63, 3.8) is 0 Å². The number of hydrogen-bond donors (Lipinski definition) is 4. The Bertz CT molecular complexity index is 1580. The number of rotatable bonds is 7. The largest absolute Gasteiger partial charge is 0.573 e. The van der Waals surface area contributed by atoms with E-state index in [9.17, 15) is 31.9 Å². The molecule has 3 aliphatic rings. The minimum Gasteiger partial charge on any atom is -0.406 e. The number of nitrogens with one attached hydrogen (secondary N) is 2. The number of carbonyl (C=O) groups excluding carboxylic acids is 2. The highest BCUT2D eigenvalue weighted by molar-refractivity contribution is 8.24. The highest BCUT2D eigenvalue weighted by Gasteiger charge is 2.47. The van der Waals surface area contributed by atoms with Gasteiger partial charge in [0.25, 0.3) is 0 Å². The molecule has 3 aromatic rings. The predicted octanol–water partition coefficient (Wildman–Crippen LogP) is 4.95. The van der Waals surface area contributed by atoms with Gasteiger partial charge in [-0.3, -0.25) is 13.9 Å². The number of aryl methyl sites for hydroxylation is 1. The lowest BCUT2D eigenvalue weighted by Crippen LogP contribution is -2.47. The molecule has 11 nitrogen and oxygen atoms in total. The number of urea groups is 1. The molecule has 4 N–H and O–H groups in total. The Morgan fingerprint density at radius 2 is 2.02 bits per heavy atom. The molecule has 44 heavy (non-hydrogen) atoms. The number of aromatic nitrogens is 2. The fourth-order valence-electron chi connectivity index (χ4n) is 5.95. The quantitative estimate of drug-likeness (QED) is 0.285. The molecule has 2 fully saturated rings. The van der Waals surface area contributed by atoms with Crippen molar-refractivity contribution in [3.05, 3.63) is 64.8 Å². The fourth-order valence-corrected chi connectivity index (χ4v) is 7.67. The van der Waals surface area contributed by atoms with E-state index in [1.165, 1.54) is 18.2 Å². The predicted molar refractivity (Wildman–Crippen MR) is 154 cm³/mol. The highest BCUT2D eigenvalue weighted by Crippen LogP contribution is 2.47. The Balaban J connectivity index is 1.23. The summed E-state index contributed by atoms with van der Waals surface area (Å²) in [4.78, 5) is 32.0. The van der Waals surface area contributed by atoms with Gasteiger partial charge in [-0.15, -0.1) is 13.2 Å². The van der Waals surface area contributed by atoms with Gasteiger partial charge in [0.15, 0.2) is 5.82 Å². The maximum Gasteiger partial charge on any atom is 0.573 e. The third-order valence-electron chi connectivity index (χ3n) is 8.20. The summed E-state index contributed by atoms with van der Waals surface area (Å²) in [5.41, 5.74) is 3.68. The van der Waals surface area contributed by atoms with Crippen molar-refractivity contribution in [2.45, 2.75) is 57.6 Å². The molecule has 2 aliphatic heterocycles. The lowest BCUT2D eigenvalue weighted by atomic mass is 9.87. The molecule has 0 spiro atoms. The maximum atomic E-state index is 13.2. The second kappa shape index (κ2) is 11.6. The SMILES string of the molecule is Cc1noc(C2CC2C(=O)NCc2ccc(-c3cccc(OC(F)(F)F)c3)c3c2CN(C(=O)NC2CCS(O)(O)C2)CC3)n1. The fraction of sp³-hybridized carbons (Fsp3) is 0.448. The van der Waals surface area contributed by atoms with Gasteiger partial charge in [-0.05, 0) is 66.1 Å². The Morgan fingerprint density at radius 3 is 2.73 bits per heavy atom. The van der Waals surface area contributed by atoms with E-state index in [0.29, 0.717) is 48.6 Å². The molecule has 15 heteroatoms. The summed E-state index contributed by atoms with van der Waals surface area (Å²) >= 11 is 0. The Kier molecular flexibility index (Phi) is 7.96. The molecule has 3 atom stereocenters. The van der Waals surface area contributed by atoms with Gasteiger partial charge in [-0.25, -0.2) is 4.79 Å². The number of fused-ring (bicyclic) bond motifs is 1. The number of benzene rings is 2. The molecule has 2 aromatic carbocycles. The van der Waals surface area contributed by atoms with Crippen LogP contribution in [-0.4, -0.2) is 66.5 Å². The second-order valence-corrected chi connectivity index (χ2v) is 13.8. The monoisotopic (exact) mass is 635 g/mol. The molecule has 3 heterocycles. The van der Waals surface area contributed by atoms with Crippen LogP contribution in [0.3, 0.4) is 0 Å². The number of nitrogens with zero attached hydrogens (tertiary/aromatic N) is 3. The van der Waals surface area contributed by atoms with Crippen LogP contribution in [0.15, 0.2) is 40.9 Å². The summed E-state index contributed by atoms with van der Waals surface area (Å²) in [6, 6.07) is 8.69. The van der Waals surface area contributed by atoms with E-state index in [1.54, 1.807) is 17.9 Å². The Hall–Kier alpha value is -3.82. The van der Waals surface area contributed by atoms with Gasteiger partial charge >= 0.3 is 12.4 Å². The van der Waals surface area contributed by atoms with Gasteiger partial charge in [0.1, 0.15) is 5.75 Å². The molecule has 6 rings (SSSR count). The highest BCUT2D eigenvalue weighted by atomic mass is 32.3. The Labute approximate surface area is 252 Å². The molecule has 3 unspecified atom stereocenters. The molecule has 3 amide bonds. The minimum absolute atomic E-state index is 0.117. The molecule has 1 aromatic heterocycles. The van der Waals surface area contributed by atoms with Crippen LogP contribution in [-0.2, 0) is 24.3 Å². The number of amides is 3. The number of alkyl halides is 3. The van der Waals surface area contributed by atoms with Crippen molar-refractivity contribution in [1.82, 2.24) is 25.7 Å². The average Bonchev–Trinajstić information content (AvgIpc) is 3.53. The number of ether oxygens (including phenoxy) is 1. The maximum absolute atomic E-state index is 13.2. The van der Waals surface area contributed by atoms with Crippen LogP contribution in [0, 0.1) is 12.8 Å². The third-order valence-corrected chi connectivity index (χ3v) is 10.0. The van der Waals surface area contributed by atoms with E-state index in [0.717, 1.165) is 16.7 Å². The zero-order valence-corrected chi connectivity index (χ0v) is 24.6. The molecule has 1 saturated carbocycles. The summed E-state index contributed by atoms with van der Waals surface area (Å²) < 4.78 is 68.0. The van der Waals surface area contributed by atoms with Crippen LogP contribution in [0.4, 0.5) is 18.0 Å². The van der Waals surface area contributed by atoms with Crippen LogP contribution in [0.5, 0.6) is 5.75 Å². The number of carbonyl (C=O) groups is 2. The van der Waals surface area contributed by atoms with Crippen LogP contribution in [0.2, 0.25) is 0 Å². The van der Waals surface area contributed by atoms with Crippen molar-refractivity contribution in [3.8, 4) is 16.9 Å². The smallest absolute Gasteiger partial charge is 0.406 e.